The van der Waals surface area contributed by atoms with Gasteiger partial charge in [0.15, 0.2) is 0 Å². The molecular weight excluding hydrogens is 416 g/mol. The first-order valence-corrected chi connectivity index (χ1v) is 11.1. The van der Waals surface area contributed by atoms with Gasteiger partial charge in [0.1, 0.15) is 0 Å². The van der Waals surface area contributed by atoms with Gasteiger partial charge in [0.25, 0.3) is 11.8 Å². The van der Waals surface area contributed by atoms with E-state index in [1.165, 1.54) is 4.90 Å². The van der Waals surface area contributed by atoms with E-state index in [0.717, 1.165) is 10.9 Å². The number of nitrogens with zero attached hydrogens (tertiary/aromatic N) is 1. The summed E-state index contributed by atoms with van der Waals surface area (Å²) in [5.74, 6) is -1.71. The monoisotopic (exact) mass is 444 g/mol. The van der Waals surface area contributed by atoms with Gasteiger partial charge in [-0.2, -0.15) is 0 Å². The van der Waals surface area contributed by atoms with E-state index in [2.05, 4.69) is 5.32 Å². The molecule has 170 valence electrons. The van der Waals surface area contributed by atoms with Crippen LogP contribution in [0, 0.1) is 0 Å². The van der Waals surface area contributed by atoms with Gasteiger partial charge in [0, 0.05) is 23.2 Å². The second kappa shape index (κ2) is 8.35. The van der Waals surface area contributed by atoms with E-state index in [4.69, 9.17) is 4.74 Å². The molecule has 4 rings (SSSR count). The molecule has 0 bridgehead atoms. The normalized spacial score (nSPS) is 17.7. The number of benzene rings is 3. The molecule has 1 unspecified atom stereocenters. The van der Waals surface area contributed by atoms with E-state index < -0.39 is 23.0 Å². The van der Waals surface area contributed by atoms with Crippen molar-refractivity contribution >= 4 is 28.6 Å². The van der Waals surface area contributed by atoms with Gasteiger partial charge >= 0.3 is 5.97 Å². The molecule has 2 amide bonds. The molecule has 1 atom stereocenters. The average Bonchev–Trinajstić information content (AvgIpc) is 3.03. The van der Waals surface area contributed by atoms with Crippen molar-refractivity contribution in [3.63, 3.8) is 0 Å². The van der Waals surface area contributed by atoms with E-state index in [1.54, 1.807) is 13.0 Å². The Kier molecular flexibility index (Phi) is 5.70. The van der Waals surface area contributed by atoms with Crippen molar-refractivity contribution < 1.29 is 19.1 Å². The zero-order valence-electron chi connectivity index (χ0n) is 19.3. The quantitative estimate of drug-likeness (QED) is 0.473. The van der Waals surface area contributed by atoms with Gasteiger partial charge in [-0.25, -0.2) is 4.79 Å². The number of fused-ring (bicyclic) bond motifs is 3. The minimum absolute atomic E-state index is 0.0802. The minimum Gasteiger partial charge on any atom is -0.464 e. The molecule has 1 heterocycles. The standard InChI is InChI=1S/C27H28N2O4/c1-5-33-25(32)27(24(31)28-26(2,3)4)22-20-14-10-9-13-19(20)15-16-21(22)23(30)29(27)17-18-11-7-6-8-12-18/h6-16H,5,17H2,1-4H3,(H,28,31). The molecular formula is C27H28N2O4. The highest BCUT2D eigenvalue weighted by Crippen LogP contribution is 2.45. The number of amides is 2. The predicted octanol–water partition coefficient (Wildman–Crippen LogP) is 4.17. The Morgan fingerprint density at radius 1 is 0.970 bits per heavy atom. The number of carbonyl (C=O) groups is 3. The highest BCUT2D eigenvalue weighted by atomic mass is 16.5. The summed E-state index contributed by atoms with van der Waals surface area (Å²) in [5.41, 5.74) is -1.07. The number of esters is 1. The van der Waals surface area contributed by atoms with Crippen LogP contribution in [0.25, 0.3) is 10.8 Å². The lowest BCUT2D eigenvalue weighted by molar-refractivity contribution is -0.163. The molecule has 0 aliphatic carbocycles. The van der Waals surface area contributed by atoms with Gasteiger partial charge in [0.05, 0.1) is 6.61 Å². The van der Waals surface area contributed by atoms with Gasteiger partial charge in [0.2, 0.25) is 5.54 Å². The van der Waals surface area contributed by atoms with E-state index in [1.807, 2.05) is 81.4 Å². The summed E-state index contributed by atoms with van der Waals surface area (Å²) >= 11 is 0. The van der Waals surface area contributed by atoms with Crippen LogP contribution in [0.15, 0.2) is 66.7 Å². The van der Waals surface area contributed by atoms with Gasteiger partial charge in [-0.05, 0) is 50.1 Å². The summed E-state index contributed by atoms with van der Waals surface area (Å²) in [4.78, 5) is 43.0. The highest BCUT2D eigenvalue weighted by Gasteiger charge is 2.62. The number of ether oxygens (including phenoxy) is 1. The first-order chi connectivity index (χ1) is 15.7. The molecule has 0 saturated carbocycles. The van der Waals surface area contributed by atoms with Gasteiger partial charge in [-0.15, -0.1) is 0 Å². The number of hydrogen-bond donors (Lipinski definition) is 1. The van der Waals surface area contributed by atoms with Crippen LogP contribution < -0.4 is 5.32 Å². The Balaban J connectivity index is 2.04. The Hall–Kier alpha value is -3.67. The van der Waals surface area contributed by atoms with Crippen LogP contribution in [0.1, 0.15) is 49.2 Å². The summed E-state index contributed by atoms with van der Waals surface area (Å²) in [6, 6.07) is 20.3. The molecule has 0 saturated heterocycles. The lowest BCUT2D eigenvalue weighted by Gasteiger charge is -2.38. The molecule has 0 spiro atoms. The summed E-state index contributed by atoms with van der Waals surface area (Å²) in [6.07, 6.45) is 0. The Morgan fingerprint density at radius 2 is 1.64 bits per heavy atom. The third-order valence-corrected chi connectivity index (χ3v) is 5.74. The average molecular weight is 445 g/mol. The highest BCUT2D eigenvalue weighted by molar-refractivity contribution is 6.21. The lowest BCUT2D eigenvalue weighted by Crippen LogP contribution is -2.62. The molecule has 33 heavy (non-hydrogen) atoms. The fraction of sp³-hybridized carbons (Fsp3) is 0.296. The number of hydrogen-bond acceptors (Lipinski definition) is 4. The molecule has 6 heteroatoms. The molecule has 1 N–H and O–H groups in total. The van der Waals surface area contributed by atoms with Crippen LogP contribution in [0.4, 0.5) is 0 Å². The fourth-order valence-corrected chi connectivity index (χ4v) is 4.44. The minimum atomic E-state index is -1.95. The van der Waals surface area contributed by atoms with Crippen molar-refractivity contribution in [1.29, 1.82) is 0 Å². The summed E-state index contributed by atoms with van der Waals surface area (Å²) < 4.78 is 5.49. The molecule has 1 aliphatic heterocycles. The zero-order valence-corrected chi connectivity index (χ0v) is 19.3. The third-order valence-electron chi connectivity index (χ3n) is 5.74. The van der Waals surface area contributed by atoms with Crippen molar-refractivity contribution in [2.45, 2.75) is 45.3 Å². The van der Waals surface area contributed by atoms with Gasteiger partial charge in [-0.3, -0.25) is 9.59 Å². The Bertz CT molecular complexity index is 1230. The molecule has 3 aromatic carbocycles. The maximum Gasteiger partial charge on any atom is 0.346 e. The summed E-state index contributed by atoms with van der Waals surface area (Å²) in [5, 5.41) is 4.46. The second-order valence-electron chi connectivity index (χ2n) is 9.22. The second-order valence-corrected chi connectivity index (χ2v) is 9.22. The van der Waals surface area contributed by atoms with E-state index >= 15 is 0 Å². The first kappa shape index (κ1) is 22.5. The first-order valence-electron chi connectivity index (χ1n) is 11.1. The van der Waals surface area contributed by atoms with Crippen molar-refractivity contribution in [3.8, 4) is 0 Å². The van der Waals surface area contributed by atoms with E-state index in [-0.39, 0.29) is 19.1 Å². The van der Waals surface area contributed by atoms with Crippen LogP contribution in [-0.4, -0.2) is 34.8 Å². The molecule has 0 aromatic heterocycles. The maximum atomic E-state index is 14.0. The molecule has 1 aliphatic rings. The Morgan fingerprint density at radius 3 is 2.30 bits per heavy atom. The fourth-order valence-electron chi connectivity index (χ4n) is 4.44. The smallest absolute Gasteiger partial charge is 0.346 e. The topological polar surface area (TPSA) is 75.7 Å². The summed E-state index contributed by atoms with van der Waals surface area (Å²) in [6.45, 7) is 7.37. The van der Waals surface area contributed by atoms with Gasteiger partial charge in [-0.1, -0.05) is 60.7 Å². The van der Waals surface area contributed by atoms with Crippen LogP contribution in [-0.2, 0) is 26.4 Å². The predicted molar refractivity (Wildman–Crippen MR) is 126 cm³/mol. The molecule has 6 nitrogen and oxygen atoms in total. The van der Waals surface area contributed by atoms with E-state index in [9.17, 15) is 14.4 Å². The Labute approximate surface area is 193 Å². The van der Waals surface area contributed by atoms with Crippen LogP contribution in [0.5, 0.6) is 0 Å². The molecule has 0 radical (unpaired) electrons. The van der Waals surface area contributed by atoms with Gasteiger partial charge < -0.3 is 15.0 Å². The van der Waals surface area contributed by atoms with Crippen LogP contribution in [0.3, 0.4) is 0 Å². The SMILES string of the molecule is CCOC(=O)C1(C(=O)NC(C)(C)C)c2c(ccc3ccccc23)C(=O)N1Cc1ccccc1. The van der Waals surface area contributed by atoms with Crippen molar-refractivity contribution in [2.75, 3.05) is 6.61 Å². The molecule has 3 aromatic rings. The van der Waals surface area contributed by atoms with Crippen molar-refractivity contribution in [2.24, 2.45) is 0 Å². The van der Waals surface area contributed by atoms with Crippen molar-refractivity contribution in [1.82, 2.24) is 10.2 Å². The number of nitrogens with one attached hydrogen (secondary N) is 1. The van der Waals surface area contributed by atoms with Crippen LogP contribution >= 0.6 is 0 Å². The lowest BCUT2D eigenvalue weighted by atomic mass is 9.83. The zero-order chi connectivity index (χ0) is 23.8. The molecule has 0 fully saturated rings. The van der Waals surface area contributed by atoms with Crippen LogP contribution in [0.2, 0.25) is 0 Å². The van der Waals surface area contributed by atoms with Crippen molar-refractivity contribution in [3.05, 3.63) is 83.4 Å². The van der Waals surface area contributed by atoms with E-state index in [0.29, 0.717) is 16.5 Å². The number of carbonyl (C=O) groups excluding carboxylic acids is 3. The largest absolute Gasteiger partial charge is 0.464 e. The summed E-state index contributed by atoms with van der Waals surface area (Å²) in [7, 11) is 0. The number of rotatable bonds is 5. The third kappa shape index (κ3) is 3.75. The maximum absolute atomic E-state index is 14.0.